The Bertz CT molecular complexity index is 529. The van der Waals surface area contributed by atoms with Gasteiger partial charge in [0.05, 0.1) is 6.10 Å². The zero-order valence-electron chi connectivity index (χ0n) is 11.3. The molecule has 0 radical (unpaired) electrons. The third-order valence-corrected chi connectivity index (χ3v) is 3.49. The van der Waals surface area contributed by atoms with Crippen LogP contribution in [-0.2, 0) is 11.2 Å². The summed E-state index contributed by atoms with van der Waals surface area (Å²) in [6.07, 6.45) is 3.05. The van der Waals surface area contributed by atoms with Crippen LogP contribution in [0, 0.1) is 5.92 Å². The maximum Gasteiger partial charge on any atom is 0.252 e. The number of nitrogen functional groups attached to an aromatic ring is 1. The molecule has 1 aliphatic carbocycles. The molecule has 1 aromatic rings. The Labute approximate surface area is 116 Å². The van der Waals surface area contributed by atoms with Gasteiger partial charge in [0.25, 0.3) is 5.56 Å². The average Bonchev–Trinajstić information content (AvgIpc) is 2.37. The summed E-state index contributed by atoms with van der Waals surface area (Å²) in [5.74, 6) is 0.464. The number of amides is 1. The molecule has 7 nitrogen and oxygen atoms in total. The Kier molecular flexibility index (Phi) is 4.73. The van der Waals surface area contributed by atoms with Gasteiger partial charge in [0.1, 0.15) is 11.6 Å². The average molecular weight is 280 g/mol. The minimum atomic E-state index is -0.369. The molecular formula is C13H20N4O3. The van der Waals surface area contributed by atoms with E-state index < -0.39 is 0 Å². The van der Waals surface area contributed by atoms with Crippen LogP contribution in [0.1, 0.15) is 31.5 Å². The number of aliphatic hydroxyl groups is 1. The Balaban J connectivity index is 1.80. The Morgan fingerprint density at radius 3 is 3.05 bits per heavy atom. The van der Waals surface area contributed by atoms with E-state index in [4.69, 9.17) is 5.73 Å². The monoisotopic (exact) mass is 280 g/mol. The molecule has 0 aromatic carbocycles. The minimum absolute atomic E-state index is 0.0463. The maximum absolute atomic E-state index is 11.9. The molecule has 1 aliphatic rings. The molecule has 1 aromatic heterocycles. The van der Waals surface area contributed by atoms with Crippen molar-refractivity contribution < 1.29 is 9.90 Å². The SMILES string of the molecule is Nc1cc(=O)[nH]c(CCNC(=O)[C@H]2CCC[C@H](O)C2)n1. The number of carbonyl (C=O) groups is 1. The number of aromatic nitrogens is 2. The van der Waals surface area contributed by atoms with Gasteiger partial charge in [-0.15, -0.1) is 0 Å². The predicted octanol–water partition coefficient (Wildman–Crippen LogP) is -0.438. The highest BCUT2D eigenvalue weighted by Gasteiger charge is 2.25. The van der Waals surface area contributed by atoms with Crippen molar-refractivity contribution in [1.29, 1.82) is 0 Å². The zero-order valence-corrected chi connectivity index (χ0v) is 11.3. The van der Waals surface area contributed by atoms with Crippen LogP contribution in [0.4, 0.5) is 5.82 Å². The van der Waals surface area contributed by atoms with Crippen LogP contribution in [0.15, 0.2) is 10.9 Å². The maximum atomic E-state index is 11.9. The van der Waals surface area contributed by atoms with Gasteiger partial charge in [0.2, 0.25) is 5.91 Å². The number of rotatable bonds is 4. The summed E-state index contributed by atoms with van der Waals surface area (Å²) in [5, 5.41) is 12.4. The lowest BCUT2D eigenvalue weighted by molar-refractivity contribution is -0.127. The third-order valence-electron chi connectivity index (χ3n) is 3.49. The van der Waals surface area contributed by atoms with E-state index in [1.165, 1.54) is 6.07 Å². The Morgan fingerprint density at radius 2 is 2.35 bits per heavy atom. The lowest BCUT2D eigenvalue weighted by atomic mass is 9.87. The van der Waals surface area contributed by atoms with E-state index in [1.54, 1.807) is 0 Å². The molecule has 2 atom stereocenters. The van der Waals surface area contributed by atoms with Crippen LogP contribution in [0.3, 0.4) is 0 Å². The van der Waals surface area contributed by atoms with E-state index in [0.717, 1.165) is 19.3 Å². The summed E-state index contributed by atoms with van der Waals surface area (Å²) in [7, 11) is 0. The second-order valence-corrected chi connectivity index (χ2v) is 5.18. The first-order valence-electron chi connectivity index (χ1n) is 6.86. The van der Waals surface area contributed by atoms with Gasteiger partial charge in [-0.25, -0.2) is 4.98 Å². The van der Waals surface area contributed by atoms with Gasteiger partial charge < -0.3 is 21.1 Å². The number of nitrogens with two attached hydrogens (primary N) is 1. The first-order chi connectivity index (χ1) is 9.54. The summed E-state index contributed by atoms with van der Waals surface area (Å²) < 4.78 is 0. The molecule has 110 valence electrons. The van der Waals surface area contributed by atoms with Gasteiger partial charge in [-0.05, 0) is 19.3 Å². The van der Waals surface area contributed by atoms with Crippen molar-refractivity contribution >= 4 is 11.7 Å². The summed E-state index contributed by atoms with van der Waals surface area (Å²) in [6, 6.07) is 1.21. The molecule has 0 aliphatic heterocycles. The molecule has 1 fully saturated rings. The number of anilines is 1. The molecule has 2 rings (SSSR count). The van der Waals surface area contributed by atoms with Gasteiger partial charge in [0, 0.05) is 24.9 Å². The molecule has 0 spiro atoms. The molecule has 5 N–H and O–H groups in total. The number of nitrogens with zero attached hydrogens (tertiary/aromatic N) is 1. The minimum Gasteiger partial charge on any atom is -0.393 e. The van der Waals surface area contributed by atoms with Gasteiger partial charge in [-0.1, -0.05) is 6.42 Å². The first kappa shape index (κ1) is 14.5. The topological polar surface area (TPSA) is 121 Å². The van der Waals surface area contributed by atoms with Crippen LogP contribution < -0.4 is 16.6 Å². The predicted molar refractivity (Wildman–Crippen MR) is 73.9 cm³/mol. The van der Waals surface area contributed by atoms with Gasteiger partial charge >= 0.3 is 0 Å². The number of hydrogen-bond donors (Lipinski definition) is 4. The molecule has 1 heterocycles. The lowest BCUT2D eigenvalue weighted by Gasteiger charge is -2.24. The van der Waals surface area contributed by atoms with Crippen LogP contribution in [0.25, 0.3) is 0 Å². The smallest absolute Gasteiger partial charge is 0.252 e. The number of aliphatic hydroxyl groups excluding tert-OH is 1. The van der Waals surface area contributed by atoms with Crippen molar-refractivity contribution in [3.63, 3.8) is 0 Å². The van der Waals surface area contributed by atoms with E-state index in [-0.39, 0.29) is 29.3 Å². The fourth-order valence-corrected chi connectivity index (χ4v) is 2.50. The van der Waals surface area contributed by atoms with Crippen molar-refractivity contribution in [2.24, 2.45) is 5.92 Å². The van der Waals surface area contributed by atoms with Crippen LogP contribution >= 0.6 is 0 Å². The van der Waals surface area contributed by atoms with Gasteiger partial charge in [-0.2, -0.15) is 0 Å². The molecule has 1 amide bonds. The van der Waals surface area contributed by atoms with Crippen molar-refractivity contribution in [3.05, 3.63) is 22.2 Å². The van der Waals surface area contributed by atoms with Crippen LogP contribution in [-0.4, -0.2) is 33.6 Å². The van der Waals surface area contributed by atoms with Gasteiger partial charge in [-0.3, -0.25) is 9.59 Å². The molecule has 20 heavy (non-hydrogen) atoms. The third kappa shape index (κ3) is 4.06. The standard InChI is InChI=1S/C13H20N4O3/c14-10-7-12(19)17-11(16-10)4-5-15-13(20)8-2-1-3-9(18)6-8/h7-9,18H,1-6H2,(H,15,20)(H3,14,16,17,19)/t8-,9-/m0/s1. The summed E-state index contributed by atoms with van der Waals surface area (Å²) >= 11 is 0. The number of hydrogen-bond acceptors (Lipinski definition) is 5. The number of carbonyl (C=O) groups excluding carboxylic acids is 1. The lowest BCUT2D eigenvalue weighted by Crippen LogP contribution is -2.36. The Hall–Kier alpha value is -1.89. The van der Waals surface area contributed by atoms with E-state index in [9.17, 15) is 14.7 Å². The quantitative estimate of drug-likeness (QED) is 0.596. The fourth-order valence-electron chi connectivity index (χ4n) is 2.50. The molecule has 7 heteroatoms. The normalized spacial score (nSPS) is 22.4. The highest BCUT2D eigenvalue weighted by molar-refractivity contribution is 5.78. The second-order valence-electron chi connectivity index (χ2n) is 5.18. The van der Waals surface area contributed by atoms with Crippen molar-refractivity contribution in [2.45, 2.75) is 38.2 Å². The van der Waals surface area contributed by atoms with Crippen molar-refractivity contribution in [3.8, 4) is 0 Å². The van der Waals surface area contributed by atoms with Crippen LogP contribution in [0.2, 0.25) is 0 Å². The molecule has 1 saturated carbocycles. The van der Waals surface area contributed by atoms with E-state index >= 15 is 0 Å². The fraction of sp³-hybridized carbons (Fsp3) is 0.615. The molecular weight excluding hydrogens is 260 g/mol. The van der Waals surface area contributed by atoms with Gasteiger partial charge in [0.15, 0.2) is 0 Å². The summed E-state index contributed by atoms with van der Waals surface area (Å²) in [4.78, 5) is 29.7. The Morgan fingerprint density at radius 1 is 1.55 bits per heavy atom. The van der Waals surface area contributed by atoms with Crippen LogP contribution in [0.5, 0.6) is 0 Å². The number of aromatic amines is 1. The van der Waals surface area contributed by atoms with E-state index in [1.807, 2.05) is 0 Å². The highest BCUT2D eigenvalue weighted by atomic mass is 16.3. The number of nitrogens with one attached hydrogen (secondary N) is 2. The van der Waals surface area contributed by atoms with E-state index in [2.05, 4.69) is 15.3 Å². The zero-order chi connectivity index (χ0) is 14.5. The molecule has 0 saturated heterocycles. The molecule has 0 unspecified atom stereocenters. The highest BCUT2D eigenvalue weighted by Crippen LogP contribution is 2.24. The van der Waals surface area contributed by atoms with E-state index in [0.29, 0.717) is 25.2 Å². The molecule has 0 bridgehead atoms. The summed E-state index contributed by atoms with van der Waals surface area (Å²) in [5.41, 5.74) is 5.18. The number of H-pyrrole nitrogens is 1. The second kappa shape index (κ2) is 6.51. The summed E-state index contributed by atoms with van der Waals surface area (Å²) in [6.45, 7) is 0.387. The largest absolute Gasteiger partial charge is 0.393 e. The van der Waals surface area contributed by atoms with Crippen molar-refractivity contribution in [1.82, 2.24) is 15.3 Å². The first-order valence-corrected chi connectivity index (χ1v) is 6.86. The van der Waals surface area contributed by atoms with Crippen molar-refractivity contribution in [2.75, 3.05) is 12.3 Å².